The largest absolute Gasteiger partial charge is 0.348 e. The van der Waals surface area contributed by atoms with Gasteiger partial charge in [0.25, 0.3) is 5.91 Å². The van der Waals surface area contributed by atoms with E-state index in [0.29, 0.717) is 24.4 Å². The number of anilines is 1. The number of likely N-dealkylation sites (tertiary alicyclic amines) is 1. The lowest BCUT2D eigenvalue weighted by molar-refractivity contribution is -0.121. The SMILES string of the molecule is Cn1ccnc1[C@@H]1N(C(=O)c2ccn(C(C)(C)C)c2)CC[C@]12C(=O)Nc1ccccc12. The van der Waals surface area contributed by atoms with Gasteiger partial charge in [0, 0.05) is 49.6 Å². The second-order valence-electron chi connectivity index (χ2n) is 9.50. The van der Waals surface area contributed by atoms with Crippen LogP contribution in [0.25, 0.3) is 0 Å². The average Bonchev–Trinajstić information content (AvgIpc) is 3.49. The van der Waals surface area contributed by atoms with E-state index in [1.54, 1.807) is 6.20 Å². The minimum absolute atomic E-state index is 0.0655. The lowest BCUT2D eigenvalue weighted by atomic mass is 9.74. The van der Waals surface area contributed by atoms with Crippen LogP contribution in [0.15, 0.2) is 55.1 Å². The predicted octanol–water partition coefficient (Wildman–Crippen LogP) is 3.45. The van der Waals surface area contributed by atoms with Crippen molar-refractivity contribution in [2.24, 2.45) is 7.05 Å². The van der Waals surface area contributed by atoms with Crippen LogP contribution in [0.4, 0.5) is 5.69 Å². The number of hydrogen-bond acceptors (Lipinski definition) is 3. The molecule has 0 aliphatic carbocycles. The zero-order chi connectivity index (χ0) is 22.0. The highest BCUT2D eigenvalue weighted by Crippen LogP contribution is 2.54. The van der Waals surface area contributed by atoms with Gasteiger partial charge in [0.1, 0.15) is 17.3 Å². The van der Waals surface area contributed by atoms with E-state index in [4.69, 9.17) is 0 Å². The van der Waals surface area contributed by atoms with Crippen molar-refractivity contribution in [1.29, 1.82) is 0 Å². The van der Waals surface area contributed by atoms with Gasteiger partial charge < -0.3 is 19.4 Å². The number of amides is 2. The van der Waals surface area contributed by atoms with Gasteiger partial charge in [-0.3, -0.25) is 9.59 Å². The molecule has 0 radical (unpaired) electrons. The summed E-state index contributed by atoms with van der Waals surface area (Å²) < 4.78 is 3.95. The van der Waals surface area contributed by atoms with Crippen LogP contribution in [0.2, 0.25) is 0 Å². The van der Waals surface area contributed by atoms with E-state index in [-0.39, 0.29) is 17.4 Å². The van der Waals surface area contributed by atoms with E-state index in [0.717, 1.165) is 11.3 Å². The molecule has 5 rings (SSSR count). The maximum atomic E-state index is 13.7. The van der Waals surface area contributed by atoms with E-state index in [2.05, 4.69) is 31.1 Å². The Morgan fingerprint density at radius 3 is 2.65 bits per heavy atom. The van der Waals surface area contributed by atoms with E-state index >= 15 is 0 Å². The summed E-state index contributed by atoms with van der Waals surface area (Å²) >= 11 is 0. The summed E-state index contributed by atoms with van der Waals surface area (Å²) in [6.45, 7) is 6.78. The molecule has 2 atom stereocenters. The highest BCUT2D eigenvalue weighted by atomic mass is 16.2. The lowest BCUT2D eigenvalue weighted by Gasteiger charge is -2.33. The van der Waals surface area contributed by atoms with Crippen LogP contribution in [0.5, 0.6) is 0 Å². The Morgan fingerprint density at radius 1 is 1.19 bits per heavy atom. The molecule has 1 aromatic carbocycles. The Balaban J connectivity index is 1.63. The molecule has 0 bridgehead atoms. The number of nitrogens with one attached hydrogen (secondary N) is 1. The number of aryl methyl sites for hydroxylation is 1. The molecule has 4 heterocycles. The number of rotatable bonds is 2. The van der Waals surface area contributed by atoms with E-state index in [9.17, 15) is 9.59 Å². The molecule has 2 aromatic heterocycles. The summed E-state index contributed by atoms with van der Waals surface area (Å²) in [5.41, 5.74) is 1.42. The monoisotopic (exact) mass is 417 g/mol. The predicted molar refractivity (Wildman–Crippen MR) is 118 cm³/mol. The number of fused-ring (bicyclic) bond motifs is 2. The van der Waals surface area contributed by atoms with Crippen LogP contribution in [0, 0.1) is 0 Å². The molecule has 0 saturated carbocycles. The van der Waals surface area contributed by atoms with Gasteiger partial charge in [0.15, 0.2) is 0 Å². The fourth-order valence-corrected chi connectivity index (χ4v) is 5.01. The number of para-hydroxylation sites is 1. The minimum Gasteiger partial charge on any atom is -0.348 e. The molecule has 1 spiro atoms. The second kappa shape index (κ2) is 6.57. The van der Waals surface area contributed by atoms with Crippen molar-refractivity contribution < 1.29 is 9.59 Å². The summed E-state index contributed by atoms with van der Waals surface area (Å²) in [5, 5.41) is 3.05. The normalized spacial score (nSPS) is 22.8. The molecule has 1 fully saturated rings. The number of hydrogen-bond donors (Lipinski definition) is 1. The van der Waals surface area contributed by atoms with Crippen LogP contribution in [-0.2, 0) is 22.8 Å². The van der Waals surface area contributed by atoms with E-state index < -0.39 is 11.5 Å². The maximum Gasteiger partial charge on any atom is 0.256 e. The minimum atomic E-state index is -0.849. The summed E-state index contributed by atoms with van der Waals surface area (Å²) in [4.78, 5) is 33.5. The second-order valence-corrected chi connectivity index (χ2v) is 9.50. The number of benzene rings is 1. The molecule has 1 N–H and O–H groups in total. The summed E-state index contributed by atoms with van der Waals surface area (Å²) in [6, 6.07) is 9.15. The van der Waals surface area contributed by atoms with Gasteiger partial charge in [-0.05, 0) is 44.9 Å². The maximum absolute atomic E-state index is 13.7. The first-order valence-corrected chi connectivity index (χ1v) is 10.6. The first-order valence-electron chi connectivity index (χ1n) is 10.6. The van der Waals surface area contributed by atoms with E-state index in [1.807, 2.05) is 70.0 Å². The van der Waals surface area contributed by atoms with Crippen molar-refractivity contribution >= 4 is 17.5 Å². The zero-order valence-electron chi connectivity index (χ0n) is 18.3. The van der Waals surface area contributed by atoms with Crippen molar-refractivity contribution in [3.05, 3.63) is 72.1 Å². The van der Waals surface area contributed by atoms with Crippen LogP contribution in [-0.4, -0.2) is 37.4 Å². The Bertz CT molecular complexity index is 1180. The Kier molecular flexibility index (Phi) is 4.16. The first-order chi connectivity index (χ1) is 14.7. The number of carbonyl (C=O) groups is 2. The van der Waals surface area contributed by atoms with Crippen LogP contribution in [0.3, 0.4) is 0 Å². The molecule has 3 aromatic rings. The van der Waals surface area contributed by atoms with Crippen molar-refractivity contribution in [2.75, 3.05) is 11.9 Å². The molecular weight excluding hydrogens is 390 g/mol. The van der Waals surface area contributed by atoms with Gasteiger partial charge in [0.05, 0.1) is 5.56 Å². The quantitative estimate of drug-likeness (QED) is 0.694. The Morgan fingerprint density at radius 2 is 1.97 bits per heavy atom. The molecule has 2 aliphatic rings. The molecule has 2 aliphatic heterocycles. The third-order valence-corrected chi connectivity index (χ3v) is 6.66. The van der Waals surface area contributed by atoms with Crippen molar-refractivity contribution in [2.45, 2.75) is 44.2 Å². The van der Waals surface area contributed by atoms with Gasteiger partial charge in [-0.15, -0.1) is 0 Å². The molecule has 7 heteroatoms. The highest BCUT2D eigenvalue weighted by Gasteiger charge is 2.60. The smallest absolute Gasteiger partial charge is 0.256 e. The van der Waals surface area contributed by atoms with Gasteiger partial charge in [-0.25, -0.2) is 4.98 Å². The molecule has 1 saturated heterocycles. The van der Waals surface area contributed by atoms with Crippen LogP contribution >= 0.6 is 0 Å². The molecule has 7 nitrogen and oxygen atoms in total. The zero-order valence-corrected chi connectivity index (χ0v) is 18.3. The standard InChI is InChI=1S/C24H27N5O2/c1-23(2,3)28-12-9-16(15-28)21(30)29-13-10-24(19(29)20-25-11-14-27(20)4)17-7-5-6-8-18(17)26-22(24)31/h5-9,11-12,14-15,19H,10,13H2,1-4H3,(H,26,31)/t19-,24+/m0/s1. The van der Waals surface area contributed by atoms with Crippen LogP contribution in [0.1, 0.15) is 55.0 Å². The topological polar surface area (TPSA) is 72.2 Å². The molecule has 0 unspecified atom stereocenters. The molecule has 160 valence electrons. The Labute approximate surface area is 181 Å². The summed E-state index contributed by atoms with van der Waals surface area (Å²) in [7, 11) is 1.91. The highest BCUT2D eigenvalue weighted by molar-refractivity contribution is 6.08. The molecule has 2 amide bonds. The van der Waals surface area contributed by atoms with Gasteiger partial charge >= 0.3 is 0 Å². The van der Waals surface area contributed by atoms with Crippen LogP contribution < -0.4 is 5.32 Å². The van der Waals surface area contributed by atoms with Crippen molar-refractivity contribution in [3.63, 3.8) is 0 Å². The van der Waals surface area contributed by atoms with Gasteiger partial charge in [-0.1, -0.05) is 18.2 Å². The fourth-order valence-electron chi connectivity index (χ4n) is 5.01. The van der Waals surface area contributed by atoms with Crippen molar-refractivity contribution in [3.8, 4) is 0 Å². The molecular formula is C24H27N5O2. The van der Waals surface area contributed by atoms with Gasteiger partial charge in [0.2, 0.25) is 5.91 Å². The number of carbonyl (C=O) groups excluding carboxylic acids is 2. The molecule has 31 heavy (non-hydrogen) atoms. The fraction of sp³-hybridized carbons (Fsp3) is 0.375. The Hall–Kier alpha value is -3.35. The third-order valence-electron chi connectivity index (χ3n) is 6.66. The number of aromatic nitrogens is 3. The average molecular weight is 418 g/mol. The number of nitrogens with zero attached hydrogens (tertiary/aromatic N) is 4. The first kappa shape index (κ1) is 19.6. The van der Waals surface area contributed by atoms with E-state index in [1.165, 1.54) is 0 Å². The summed E-state index contributed by atoms with van der Waals surface area (Å²) in [5.74, 6) is 0.572. The third kappa shape index (κ3) is 2.76. The van der Waals surface area contributed by atoms with Crippen molar-refractivity contribution in [1.82, 2.24) is 19.0 Å². The lowest BCUT2D eigenvalue weighted by Crippen LogP contribution is -2.43. The van der Waals surface area contributed by atoms with Gasteiger partial charge in [-0.2, -0.15) is 0 Å². The number of imidazole rings is 1. The summed E-state index contributed by atoms with van der Waals surface area (Å²) in [6.07, 6.45) is 7.97.